The standard InChI is InChI=1S/C44H56N4O5/c1-10-13-14-15-23(4)18-19-53-37(49)17-16-30-26(7)33-20-31-24(5)28(11-2)35(45-31)21-32-25(6)29(12-3)36(46-32)22-34-27(8)38-42(48-34)39(41(30)47-33)40(43(38)50)44(51)52-9/h18,20-22,26,30,40,45-48H,10-17,19H2,1-9H3/b23-18+,32-21-,33-20-,36-22-,41-39-/t26-,30-,40+/m0/s1. The summed E-state index contributed by atoms with van der Waals surface area (Å²) in [5.74, 6) is -2.52. The number of rotatable bonds is 12. The maximum atomic E-state index is 14.3. The Hall–Kier alpha value is -4.79. The molecule has 3 atom stereocenters. The number of fused-ring (bicyclic) bond motifs is 7. The van der Waals surface area contributed by atoms with Crippen LogP contribution < -0.4 is 16.0 Å². The van der Waals surface area contributed by atoms with Crippen LogP contribution in [0.15, 0.2) is 23.0 Å². The van der Waals surface area contributed by atoms with Gasteiger partial charge in [0.25, 0.3) is 0 Å². The molecule has 6 rings (SSSR count). The van der Waals surface area contributed by atoms with Gasteiger partial charge in [0.2, 0.25) is 0 Å². The molecule has 9 heteroatoms. The molecule has 1 fully saturated rings. The molecule has 3 aromatic rings. The van der Waals surface area contributed by atoms with Crippen LogP contribution in [0, 0.1) is 38.5 Å². The summed E-state index contributed by atoms with van der Waals surface area (Å²) < 4.78 is 10.9. The number of carbonyl (C=O) groups is 3. The van der Waals surface area contributed by atoms with Crippen LogP contribution in [0.25, 0.3) is 23.8 Å². The van der Waals surface area contributed by atoms with E-state index in [1.807, 2.05) is 13.0 Å². The van der Waals surface area contributed by atoms with Crippen molar-refractivity contribution in [3.63, 3.8) is 0 Å². The lowest BCUT2D eigenvalue weighted by atomic mass is 9.85. The molecule has 0 radical (unpaired) electrons. The van der Waals surface area contributed by atoms with Crippen molar-refractivity contribution in [3.8, 4) is 0 Å². The van der Waals surface area contributed by atoms with Gasteiger partial charge in [-0.3, -0.25) is 14.4 Å². The first-order chi connectivity index (χ1) is 25.4. The summed E-state index contributed by atoms with van der Waals surface area (Å²) in [5, 5.41) is 5.73. The fourth-order valence-corrected chi connectivity index (χ4v) is 8.60. The van der Waals surface area contributed by atoms with Crippen LogP contribution in [-0.4, -0.2) is 46.4 Å². The number of nitrogens with one attached hydrogen (secondary N) is 4. The zero-order valence-corrected chi connectivity index (χ0v) is 32.9. The molecule has 4 N–H and O–H groups in total. The number of allylic oxidation sites excluding steroid dienone is 3. The van der Waals surface area contributed by atoms with Crippen molar-refractivity contribution >= 4 is 41.5 Å². The first-order valence-electron chi connectivity index (χ1n) is 19.4. The van der Waals surface area contributed by atoms with Crippen LogP contribution in [-0.2, 0) is 31.9 Å². The minimum atomic E-state index is -1.12. The maximum Gasteiger partial charge on any atom is 0.321 e. The Morgan fingerprint density at radius 2 is 1.57 bits per heavy atom. The van der Waals surface area contributed by atoms with E-state index in [-0.39, 0.29) is 36.6 Å². The monoisotopic (exact) mass is 720 g/mol. The topological polar surface area (TPSA) is 129 Å². The molecule has 0 unspecified atom stereocenters. The molecule has 53 heavy (non-hydrogen) atoms. The second-order valence-corrected chi connectivity index (χ2v) is 15.0. The highest BCUT2D eigenvalue weighted by molar-refractivity contribution is 6.24. The number of esters is 2. The molecule has 9 nitrogen and oxygen atoms in total. The van der Waals surface area contributed by atoms with Gasteiger partial charge in [0.1, 0.15) is 12.5 Å². The third-order valence-electron chi connectivity index (χ3n) is 11.8. The number of aromatic nitrogens is 3. The molecular formula is C44H56N4O5. The Morgan fingerprint density at radius 3 is 2.26 bits per heavy atom. The van der Waals surface area contributed by atoms with E-state index < -0.39 is 11.9 Å². The largest absolute Gasteiger partial charge is 0.468 e. The average molecular weight is 721 g/mol. The Labute approximate surface area is 313 Å². The smallest absolute Gasteiger partial charge is 0.321 e. The molecule has 0 aromatic carbocycles. The number of H-pyrrole nitrogens is 3. The van der Waals surface area contributed by atoms with Crippen molar-refractivity contribution in [2.45, 2.75) is 107 Å². The summed E-state index contributed by atoms with van der Waals surface area (Å²) >= 11 is 0. The van der Waals surface area contributed by atoms with Gasteiger partial charge in [0.15, 0.2) is 5.78 Å². The van der Waals surface area contributed by atoms with Crippen LogP contribution in [0.4, 0.5) is 0 Å². The highest BCUT2D eigenvalue weighted by Gasteiger charge is 2.48. The van der Waals surface area contributed by atoms with E-state index in [1.165, 1.54) is 47.8 Å². The summed E-state index contributed by atoms with van der Waals surface area (Å²) in [6, 6.07) is 0. The van der Waals surface area contributed by atoms with Gasteiger partial charge in [-0.2, -0.15) is 0 Å². The van der Waals surface area contributed by atoms with Gasteiger partial charge < -0.3 is 29.7 Å². The molecule has 5 heterocycles. The SMILES string of the molecule is CCCCC/C(C)=C/COC(=O)CC[C@@H]1/C2=C3/c4[nH]c(c(C)c4C(=O)[C@@H]3C(=O)OC)/C=c3\[nH]/c(c(C)c3CC)=C\c3[nH]c(c(C)c3CC)/C=C(\N2)[C@H]1C. The predicted octanol–water partition coefficient (Wildman–Crippen LogP) is 7.14. The van der Waals surface area contributed by atoms with E-state index in [9.17, 15) is 14.4 Å². The first-order valence-corrected chi connectivity index (χ1v) is 19.4. The fourth-order valence-electron chi connectivity index (χ4n) is 8.60. The van der Waals surface area contributed by atoms with E-state index in [1.54, 1.807) is 0 Å². The maximum absolute atomic E-state index is 14.3. The molecule has 0 spiro atoms. The molecule has 8 bridgehead atoms. The number of methoxy groups -OCH3 is 1. The van der Waals surface area contributed by atoms with E-state index in [2.05, 4.69) is 87.0 Å². The Balaban J connectivity index is 1.50. The van der Waals surface area contributed by atoms with Crippen molar-refractivity contribution in [3.05, 3.63) is 89.9 Å². The third-order valence-corrected chi connectivity index (χ3v) is 11.8. The number of unbranched alkanes of at least 4 members (excludes halogenated alkanes) is 2. The van der Waals surface area contributed by atoms with E-state index in [0.717, 1.165) is 70.4 Å². The van der Waals surface area contributed by atoms with E-state index >= 15 is 0 Å². The van der Waals surface area contributed by atoms with Gasteiger partial charge in [-0.05, 0) is 112 Å². The van der Waals surface area contributed by atoms with Crippen molar-refractivity contribution in [1.82, 2.24) is 20.3 Å². The van der Waals surface area contributed by atoms with Gasteiger partial charge >= 0.3 is 11.9 Å². The lowest BCUT2D eigenvalue weighted by Gasteiger charge is -2.19. The molecule has 282 valence electrons. The lowest BCUT2D eigenvalue weighted by molar-refractivity contribution is -0.143. The Morgan fingerprint density at radius 1 is 0.849 bits per heavy atom. The van der Waals surface area contributed by atoms with Crippen molar-refractivity contribution in [1.29, 1.82) is 0 Å². The summed E-state index contributed by atoms with van der Waals surface area (Å²) in [7, 11) is 1.32. The molecule has 3 aromatic heterocycles. The van der Waals surface area contributed by atoms with Crippen molar-refractivity contribution in [2.75, 3.05) is 13.7 Å². The zero-order valence-electron chi connectivity index (χ0n) is 32.9. The Kier molecular flexibility index (Phi) is 11.2. The third kappa shape index (κ3) is 7.02. The molecule has 1 saturated heterocycles. The van der Waals surface area contributed by atoms with Gasteiger partial charge in [-0.1, -0.05) is 46.1 Å². The summed E-state index contributed by atoms with van der Waals surface area (Å²) in [6.45, 7) is 17.2. The lowest BCUT2D eigenvalue weighted by Crippen LogP contribution is -2.25. The number of Topliss-reactive ketones (excluding diaryl/α,β-unsaturated/α-hetero) is 1. The van der Waals surface area contributed by atoms with Crippen LogP contribution in [0.2, 0.25) is 0 Å². The molecule has 2 aliphatic heterocycles. The van der Waals surface area contributed by atoms with Gasteiger partial charge in [0, 0.05) is 68.6 Å². The summed E-state index contributed by atoms with van der Waals surface area (Å²) in [5.41, 5.74) is 13.2. The average Bonchev–Trinajstić information content (AvgIpc) is 3.87. The number of carbonyl (C=O) groups excluding carboxylic acids is 3. The Bertz CT molecular complexity index is 2170. The normalized spacial score (nSPS) is 22.8. The summed E-state index contributed by atoms with van der Waals surface area (Å²) in [4.78, 5) is 52.0. The van der Waals surface area contributed by atoms with Crippen LogP contribution in [0.5, 0.6) is 0 Å². The van der Waals surface area contributed by atoms with E-state index in [0.29, 0.717) is 23.3 Å². The molecule has 0 amide bonds. The number of aromatic amines is 3. The van der Waals surface area contributed by atoms with Crippen LogP contribution >= 0.6 is 0 Å². The highest BCUT2D eigenvalue weighted by Crippen LogP contribution is 2.48. The van der Waals surface area contributed by atoms with Crippen LogP contribution in [0.1, 0.15) is 134 Å². The summed E-state index contributed by atoms with van der Waals surface area (Å²) in [6.07, 6.45) is 15.3. The quantitative estimate of drug-likeness (QED) is 0.0682. The fraction of sp³-hybridized carbons (Fsp3) is 0.477. The minimum absolute atomic E-state index is 0.0543. The second-order valence-electron chi connectivity index (χ2n) is 15.0. The molecular weight excluding hydrogens is 665 g/mol. The number of ether oxygens (including phenoxy) is 2. The predicted molar refractivity (Wildman–Crippen MR) is 210 cm³/mol. The second kappa shape index (κ2) is 15.7. The number of ketones is 1. The first kappa shape index (κ1) is 38.0. The van der Waals surface area contributed by atoms with Crippen LogP contribution in [0.3, 0.4) is 0 Å². The van der Waals surface area contributed by atoms with Crippen molar-refractivity contribution in [2.24, 2.45) is 17.8 Å². The van der Waals surface area contributed by atoms with Crippen molar-refractivity contribution < 1.29 is 23.9 Å². The van der Waals surface area contributed by atoms with E-state index in [4.69, 9.17) is 9.47 Å². The van der Waals surface area contributed by atoms with Gasteiger partial charge in [-0.15, -0.1) is 0 Å². The molecule has 0 saturated carbocycles. The zero-order chi connectivity index (χ0) is 38.1. The molecule has 3 aliphatic rings. The number of hydrogen-bond donors (Lipinski definition) is 4. The number of hydrogen-bond acceptors (Lipinski definition) is 6. The van der Waals surface area contributed by atoms with Gasteiger partial charge in [-0.25, -0.2) is 0 Å². The minimum Gasteiger partial charge on any atom is -0.468 e. The van der Waals surface area contributed by atoms with Gasteiger partial charge in [0.05, 0.1) is 12.8 Å². The molecule has 1 aliphatic carbocycles. The highest BCUT2D eigenvalue weighted by atomic mass is 16.5.